The highest BCUT2D eigenvalue weighted by atomic mass is 16.5. The van der Waals surface area contributed by atoms with Gasteiger partial charge in [-0.25, -0.2) is 0 Å². The molecule has 1 aromatic heterocycles. The Hall–Kier alpha value is -1.10. The van der Waals surface area contributed by atoms with E-state index in [1.54, 1.807) is 0 Å². The average molecular weight is 196 g/mol. The van der Waals surface area contributed by atoms with Crippen LogP contribution in [0.3, 0.4) is 0 Å². The molecule has 0 spiro atoms. The summed E-state index contributed by atoms with van der Waals surface area (Å²) in [6.45, 7) is 0. The van der Waals surface area contributed by atoms with Gasteiger partial charge in [0.25, 0.3) is 5.95 Å². The van der Waals surface area contributed by atoms with Crippen LogP contribution in [0.15, 0.2) is 4.52 Å². The van der Waals surface area contributed by atoms with Crippen LogP contribution in [-0.2, 0) is 6.42 Å². The van der Waals surface area contributed by atoms with Crippen LogP contribution in [-0.4, -0.2) is 15.7 Å². The number of anilines is 1. The first-order valence-electron chi connectivity index (χ1n) is 5.05. The zero-order valence-corrected chi connectivity index (χ0v) is 8.20. The number of nitrogens with zero attached hydrogens (tertiary/aromatic N) is 2. The topological polar surface area (TPSA) is 91.0 Å². The summed E-state index contributed by atoms with van der Waals surface area (Å²) in [5.41, 5.74) is 11.4. The summed E-state index contributed by atoms with van der Waals surface area (Å²) < 4.78 is 4.97. The summed E-state index contributed by atoms with van der Waals surface area (Å²) in [4.78, 5) is 3.97. The second-order valence-corrected chi connectivity index (χ2v) is 4.15. The lowest BCUT2D eigenvalue weighted by Crippen LogP contribution is -2.43. The maximum atomic E-state index is 6.23. The van der Waals surface area contributed by atoms with E-state index in [1.807, 2.05) is 0 Å². The molecule has 5 nitrogen and oxygen atoms in total. The Bertz CT molecular complexity index is 304. The minimum atomic E-state index is -0.156. The van der Waals surface area contributed by atoms with Crippen LogP contribution in [0.4, 0.5) is 5.95 Å². The maximum Gasteiger partial charge on any atom is 0.260 e. The molecule has 0 aliphatic heterocycles. The molecule has 4 N–H and O–H groups in total. The number of rotatable bonds is 2. The van der Waals surface area contributed by atoms with Crippen molar-refractivity contribution in [1.82, 2.24) is 10.1 Å². The molecule has 1 saturated carbocycles. The van der Waals surface area contributed by atoms with Gasteiger partial charge in [-0.15, -0.1) is 0 Å². The molecule has 1 heterocycles. The van der Waals surface area contributed by atoms with E-state index in [1.165, 1.54) is 19.3 Å². The van der Waals surface area contributed by atoms with Gasteiger partial charge in [0.1, 0.15) is 0 Å². The summed E-state index contributed by atoms with van der Waals surface area (Å²) in [6, 6.07) is 0. The fraction of sp³-hybridized carbons (Fsp3) is 0.778. The van der Waals surface area contributed by atoms with Crippen molar-refractivity contribution in [2.45, 2.75) is 44.1 Å². The molecular weight excluding hydrogens is 180 g/mol. The van der Waals surface area contributed by atoms with E-state index in [0.29, 0.717) is 12.3 Å². The van der Waals surface area contributed by atoms with Crippen molar-refractivity contribution in [2.75, 3.05) is 5.73 Å². The zero-order chi connectivity index (χ0) is 10.0. The third-order valence-corrected chi connectivity index (χ3v) is 2.84. The standard InChI is InChI=1S/C9H16N4O/c10-8-12-7(14-13-8)6-9(11)4-2-1-3-5-9/h1-6,11H2,(H2,10,13). The molecule has 0 amide bonds. The third-order valence-electron chi connectivity index (χ3n) is 2.84. The molecule has 2 rings (SSSR count). The zero-order valence-electron chi connectivity index (χ0n) is 8.20. The second kappa shape index (κ2) is 3.57. The smallest absolute Gasteiger partial charge is 0.260 e. The molecular formula is C9H16N4O. The van der Waals surface area contributed by atoms with Crippen LogP contribution in [0, 0.1) is 0 Å². The van der Waals surface area contributed by atoms with Crippen molar-refractivity contribution >= 4 is 5.95 Å². The normalized spacial score (nSPS) is 20.9. The molecule has 1 fully saturated rings. The van der Waals surface area contributed by atoms with E-state index < -0.39 is 0 Å². The van der Waals surface area contributed by atoms with Gasteiger partial charge in [-0.2, -0.15) is 4.98 Å². The van der Waals surface area contributed by atoms with E-state index in [-0.39, 0.29) is 11.5 Å². The lowest BCUT2D eigenvalue weighted by Gasteiger charge is -2.31. The van der Waals surface area contributed by atoms with Gasteiger partial charge in [-0.3, -0.25) is 0 Å². The molecule has 5 heteroatoms. The minimum absolute atomic E-state index is 0.156. The van der Waals surface area contributed by atoms with Gasteiger partial charge in [-0.05, 0) is 18.0 Å². The van der Waals surface area contributed by atoms with Crippen LogP contribution in [0.5, 0.6) is 0 Å². The van der Waals surface area contributed by atoms with Gasteiger partial charge < -0.3 is 16.0 Å². The first kappa shape index (κ1) is 9.45. The quantitative estimate of drug-likeness (QED) is 0.731. The summed E-state index contributed by atoms with van der Waals surface area (Å²) in [6.07, 6.45) is 6.40. The van der Waals surface area contributed by atoms with E-state index in [4.69, 9.17) is 16.0 Å². The monoisotopic (exact) mass is 196 g/mol. The highest BCUT2D eigenvalue weighted by Crippen LogP contribution is 2.28. The Labute approximate surface area is 82.8 Å². The van der Waals surface area contributed by atoms with Crippen molar-refractivity contribution in [3.05, 3.63) is 5.89 Å². The fourth-order valence-electron chi connectivity index (χ4n) is 2.07. The minimum Gasteiger partial charge on any atom is -0.365 e. The Kier molecular flexibility index (Phi) is 2.41. The number of aromatic nitrogens is 2. The molecule has 78 valence electrons. The first-order chi connectivity index (χ1) is 6.68. The lowest BCUT2D eigenvalue weighted by molar-refractivity contribution is 0.261. The van der Waals surface area contributed by atoms with E-state index >= 15 is 0 Å². The van der Waals surface area contributed by atoms with Crippen LogP contribution in [0.2, 0.25) is 0 Å². The number of nitrogen functional groups attached to an aromatic ring is 1. The Morgan fingerprint density at radius 2 is 2.00 bits per heavy atom. The summed E-state index contributed by atoms with van der Waals surface area (Å²) in [5, 5.41) is 3.55. The molecule has 0 unspecified atom stereocenters. The van der Waals surface area contributed by atoms with E-state index in [2.05, 4.69) is 10.1 Å². The van der Waals surface area contributed by atoms with Gasteiger partial charge in [0.05, 0.1) is 0 Å². The molecule has 0 saturated heterocycles. The van der Waals surface area contributed by atoms with Crippen molar-refractivity contribution in [2.24, 2.45) is 5.73 Å². The molecule has 1 aromatic rings. The number of nitrogens with two attached hydrogens (primary N) is 2. The second-order valence-electron chi connectivity index (χ2n) is 4.15. The highest BCUT2D eigenvalue weighted by Gasteiger charge is 2.29. The highest BCUT2D eigenvalue weighted by molar-refractivity contribution is 5.11. The van der Waals surface area contributed by atoms with Crippen molar-refractivity contribution < 1.29 is 4.52 Å². The molecule has 0 aromatic carbocycles. The van der Waals surface area contributed by atoms with Gasteiger partial charge in [0, 0.05) is 12.0 Å². The van der Waals surface area contributed by atoms with Gasteiger partial charge in [-0.1, -0.05) is 19.3 Å². The predicted octanol–water partition coefficient (Wildman–Crippen LogP) is 0.856. The van der Waals surface area contributed by atoms with Gasteiger partial charge in [0.2, 0.25) is 5.89 Å². The Morgan fingerprint density at radius 1 is 1.29 bits per heavy atom. The van der Waals surface area contributed by atoms with Crippen molar-refractivity contribution in [3.63, 3.8) is 0 Å². The summed E-state index contributed by atoms with van der Waals surface area (Å²) >= 11 is 0. The molecule has 14 heavy (non-hydrogen) atoms. The molecule has 0 atom stereocenters. The molecule has 0 bridgehead atoms. The fourth-order valence-corrected chi connectivity index (χ4v) is 2.07. The van der Waals surface area contributed by atoms with Crippen molar-refractivity contribution in [3.8, 4) is 0 Å². The molecule has 0 radical (unpaired) electrons. The predicted molar refractivity (Wildman–Crippen MR) is 52.4 cm³/mol. The summed E-state index contributed by atoms with van der Waals surface area (Å²) in [5.74, 6) is 0.756. The first-order valence-corrected chi connectivity index (χ1v) is 5.05. The Balaban J connectivity index is 2.01. The maximum absolute atomic E-state index is 6.23. The van der Waals surface area contributed by atoms with Crippen molar-refractivity contribution in [1.29, 1.82) is 0 Å². The van der Waals surface area contributed by atoms with E-state index in [9.17, 15) is 0 Å². The van der Waals surface area contributed by atoms with Gasteiger partial charge >= 0.3 is 0 Å². The van der Waals surface area contributed by atoms with Crippen LogP contribution in [0.25, 0.3) is 0 Å². The number of hydrogen-bond acceptors (Lipinski definition) is 5. The third kappa shape index (κ3) is 2.04. The van der Waals surface area contributed by atoms with Gasteiger partial charge in [0.15, 0.2) is 0 Å². The van der Waals surface area contributed by atoms with Crippen LogP contribution >= 0.6 is 0 Å². The SMILES string of the molecule is Nc1noc(CC2(N)CCCCC2)n1. The largest absolute Gasteiger partial charge is 0.365 e. The summed E-state index contributed by atoms with van der Waals surface area (Å²) in [7, 11) is 0. The van der Waals surface area contributed by atoms with E-state index in [0.717, 1.165) is 12.8 Å². The number of hydrogen-bond donors (Lipinski definition) is 2. The Morgan fingerprint density at radius 3 is 2.57 bits per heavy atom. The molecule has 1 aliphatic rings. The van der Waals surface area contributed by atoms with Crippen LogP contribution in [0.1, 0.15) is 38.0 Å². The molecule has 1 aliphatic carbocycles. The van der Waals surface area contributed by atoms with Crippen LogP contribution < -0.4 is 11.5 Å². The average Bonchev–Trinajstić information content (AvgIpc) is 2.51. The lowest BCUT2D eigenvalue weighted by atomic mass is 9.80.